The van der Waals surface area contributed by atoms with Crippen molar-refractivity contribution in [3.05, 3.63) is 35.5 Å². The molecule has 1 amide bonds. The van der Waals surface area contributed by atoms with E-state index in [9.17, 15) is 9.59 Å². The van der Waals surface area contributed by atoms with E-state index in [0.717, 1.165) is 22.2 Å². The number of nitrogens with zero attached hydrogens (tertiary/aromatic N) is 1. The molecule has 1 heterocycles. The van der Waals surface area contributed by atoms with E-state index in [1.165, 1.54) is 11.8 Å². The van der Waals surface area contributed by atoms with Crippen LogP contribution >= 0.6 is 0 Å². The lowest BCUT2D eigenvalue weighted by atomic mass is 10.1. The second-order valence-electron chi connectivity index (χ2n) is 4.49. The fourth-order valence-corrected chi connectivity index (χ4v) is 2.12. The van der Waals surface area contributed by atoms with Crippen LogP contribution in [0.15, 0.2) is 24.3 Å². The Labute approximate surface area is 106 Å². The van der Waals surface area contributed by atoms with Gasteiger partial charge < -0.3 is 9.88 Å². The van der Waals surface area contributed by atoms with Crippen LogP contribution in [-0.4, -0.2) is 28.6 Å². The number of ketones is 1. The molecule has 0 atom stereocenters. The number of hydrogen-bond donors (Lipinski definition) is 1. The summed E-state index contributed by atoms with van der Waals surface area (Å²) in [7, 11) is 1.64. The lowest BCUT2D eigenvalue weighted by Gasteiger charge is -2.15. The van der Waals surface area contributed by atoms with Gasteiger partial charge in [0.1, 0.15) is 0 Å². The summed E-state index contributed by atoms with van der Waals surface area (Å²) in [5.74, 6) is -0.894. The number of carbonyl (C=O) groups is 2. The maximum atomic E-state index is 11.6. The first-order valence-corrected chi connectivity index (χ1v) is 5.83. The van der Waals surface area contributed by atoms with Gasteiger partial charge >= 0.3 is 0 Å². The average molecular weight is 244 g/mol. The molecular weight excluding hydrogens is 228 g/mol. The summed E-state index contributed by atoms with van der Waals surface area (Å²) in [5.41, 5.74) is 3.13. The molecule has 0 aliphatic carbocycles. The van der Waals surface area contributed by atoms with Crippen molar-refractivity contribution in [1.29, 1.82) is 0 Å². The number of aromatic amines is 1. The van der Waals surface area contributed by atoms with E-state index in [-0.39, 0.29) is 0 Å². The van der Waals surface area contributed by atoms with Gasteiger partial charge in [0, 0.05) is 37.1 Å². The van der Waals surface area contributed by atoms with Gasteiger partial charge in [-0.25, -0.2) is 0 Å². The molecule has 0 bridgehead atoms. The number of rotatable bonds is 3. The summed E-state index contributed by atoms with van der Waals surface area (Å²) in [4.78, 5) is 27.4. The highest BCUT2D eigenvalue weighted by Gasteiger charge is 2.17. The van der Waals surface area contributed by atoms with Gasteiger partial charge in [-0.15, -0.1) is 0 Å². The van der Waals surface area contributed by atoms with Crippen molar-refractivity contribution in [2.45, 2.75) is 20.4 Å². The van der Waals surface area contributed by atoms with Crippen molar-refractivity contribution in [2.75, 3.05) is 7.05 Å². The zero-order valence-corrected chi connectivity index (χ0v) is 10.8. The van der Waals surface area contributed by atoms with Gasteiger partial charge in [0.2, 0.25) is 5.78 Å². The number of aromatic nitrogens is 1. The summed E-state index contributed by atoms with van der Waals surface area (Å²) in [6.45, 7) is 3.70. The fourth-order valence-electron chi connectivity index (χ4n) is 2.12. The zero-order chi connectivity index (χ0) is 13.3. The number of H-pyrrole nitrogens is 1. The Kier molecular flexibility index (Phi) is 3.19. The predicted octanol–water partition coefficient (Wildman–Crippen LogP) is 2.02. The van der Waals surface area contributed by atoms with Gasteiger partial charge in [-0.2, -0.15) is 0 Å². The molecule has 0 radical (unpaired) electrons. The highest BCUT2D eigenvalue weighted by molar-refractivity contribution is 6.34. The second-order valence-corrected chi connectivity index (χ2v) is 4.49. The predicted molar refractivity (Wildman–Crippen MR) is 70.2 cm³/mol. The second kappa shape index (κ2) is 4.64. The Morgan fingerprint density at radius 3 is 2.61 bits per heavy atom. The van der Waals surface area contributed by atoms with Crippen molar-refractivity contribution < 1.29 is 9.59 Å². The van der Waals surface area contributed by atoms with E-state index >= 15 is 0 Å². The van der Waals surface area contributed by atoms with E-state index < -0.39 is 11.7 Å². The summed E-state index contributed by atoms with van der Waals surface area (Å²) < 4.78 is 0. The standard InChI is InChI=1S/C14H16N2O2/c1-9-12(8-16(3)14(18)10(2)17)11-6-4-5-7-13(11)15-9/h4-7,15H,8H2,1-3H3. The van der Waals surface area contributed by atoms with Crippen molar-refractivity contribution in [2.24, 2.45) is 0 Å². The van der Waals surface area contributed by atoms with E-state index in [0.29, 0.717) is 6.54 Å². The van der Waals surface area contributed by atoms with Crippen molar-refractivity contribution >= 4 is 22.6 Å². The van der Waals surface area contributed by atoms with Gasteiger partial charge in [-0.3, -0.25) is 9.59 Å². The van der Waals surface area contributed by atoms with Gasteiger partial charge in [0.15, 0.2) is 0 Å². The molecular formula is C14H16N2O2. The minimum absolute atomic E-state index is 0.435. The fraction of sp³-hybridized carbons (Fsp3) is 0.286. The summed E-state index contributed by atoms with van der Waals surface area (Å²) in [6, 6.07) is 7.94. The monoisotopic (exact) mass is 244 g/mol. The maximum absolute atomic E-state index is 11.6. The molecule has 94 valence electrons. The number of fused-ring (bicyclic) bond motifs is 1. The van der Waals surface area contributed by atoms with Gasteiger partial charge in [-0.1, -0.05) is 18.2 Å². The van der Waals surface area contributed by atoms with Crippen LogP contribution in [0.1, 0.15) is 18.2 Å². The van der Waals surface area contributed by atoms with Crippen LogP contribution in [-0.2, 0) is 16.1 Å². The molecule has 2 rings (SSSR count). The first-order chi connectivity index (χ1) is 8.50. The lowest BCUT2D eigenvalue weighted by molar-refractivity contribution is -0.143. The van der Waals surface area contributed by atoms with Crippen LogP contribution in [0.3, 0.4) is 0 Å². The number of para-hydroxylation sites is 1. The molecule has 0 saturated carbocycles. The minimum Gasteiger partial charge on any atom is -0.358 e. The Morgan fingerprint density at radius 1 is 1.28 bits per heavy atom. The molecule has 4 heteroatoms. The molecule has 4 nitrogen and oxygen atoms in total. The van der Waals surface area contributed by atoms with Crippen molar-refractivity contribution in [3.8, 4) is 0 Å². The third-order valence-electron chi connectivity index (χ3n) is 3.07. The number of likely N-dealkylation sites (N-methyl/N-ethyl adjacent to an activating group) is 1. The highest BCUT2D eigenvalue weighted by Crippen LogP contribution is 2.22. The SMILES string of the molecule is CC(=O)C(=O)N(C)Cc1c(C)[nH]c2ccccc12. The van der Waals surface area contributed by atoms with Crippen LogP contribution in [0.4, 0.5) is 0 Å². The molecule has 0 aliphatic heterocycles. The molecule has 0 fully saturated rings. The molecule has 0 spiro atoms. The van der Waals surface area contributed by atoms with Gasteiger partial charge in [-0.05, 0) is 18.6 Å². The zero-order valence-electron chi connectivity index (χ0n) is 10.8. The Bertz CT molecular complexity index is 613. The van der Waals surface area contributed by atoms with E-state index in [2.05, 4.69) is 4.98 Å². The molecule has 0 saturated heterocycles. The van der Waals surface area contributed by atoms with Crippen LogP contribution in [0.5, 0.6) is 0 Å². The largest absolute Gasteiger partial charge is 0.358 e. The third kappa shape index (κ3) is 2.14. The number of Topliss-reactive ketones (excluding diaryl/α,β-unsaturated/α-hetero) is 1. The van der Waals surface area contributed by atoms with Crippen molar-refractivity contribution in [1.82, 2.24) is 9.88 Å². The summed E-state index contributed by atoms with van der Waals surface area (Å²) in [6.07, 6.45) is 0. The van der Waals surface area contributed by atoms with Gasteiger partial charge in [0.25, 0.3) is 5.91 Å². The maximum Gasteiger partial charge on any atom is 0.289 e. The average Bonchev–Trinajstić information content (AvgIpc) is 2.65. The van der Waals surface area contributed by atoms with E-state index in [1.54, 1.807) is 7.05 Å². The normalized spacial score (nSPS) is 10.6. The molecule has 0 aliphatic rings. The molecule has 18 heavy (non-hydrogen) atoms. The lowest BCUT2D eigenvalue weighted by Crippen LogP contribution is -2.31. The Hall–Kier alpha value is -2.10. The number of aryl methyl sites for hydroxylation is 1. The molecule has 2 aromatic rings. The topological polar surface area (TPSA) is 53.2 Å². The van der Waals surface area contributed by atoms with Crippen molar-refractivity contribution in [3.63, 3.8) is 0 Å². The first-order valence-electron chi connectivity index (χ1n) is 5.83. The quantitative estimate of drug-likeness (QED) is 0.840. The number of nitrogens with one attached hydrogen (secondary N) is 1. The molecule has 1 aromatic heterocycles. The highest BCUT2D eigenvalue weighted by atomic mass is 16.2. The molecule has 0 unspecified atom stereocenters. The van der Waals surface area contributed by atoms with E-state index in [4.69, 9.17) is 0 Å². The minimum atomic E-state index is -0.459. The number of hydrogen-bond acceptors (Lipinski definition) is 2. The molecule has 1 aromatic carbocycles. The van der Waals surface area contributed by atoms with Crippen LogP contribution in [0, 0.1) is 6.92 Å². The van der Waals surface area contributed by atoms with Crippen LogP contribution < -0.4 is 0 Å². The van der Waals surface area contributed by atoms with Gasteiger partial charge in [0.05, 0.1) is 0 Å². The Balaban J connectivity index is 2.34. The molecule has 1 N–H and O–H groups in total. The number of carbonyl (C=O) groups excluding carboxylic acids is 2. The smallest absolute Gasteiger partial charge is 0.289 e. The summed E-state index contributed by atoms with van der Waals surface area (Å²) >= 11 is 0. The number of amides is 1. The van der Waals surface area contributed by atoms with E-state index in [1.807, 2.05) is 31.2 Å². The van der Waals surface area contributed by atoms with Crippen LogP contribution in [0.2, 0.25) is 0 Å². The summed E-state index contributed by atoms with van der Waals surface area (Å²) in [5, 5.41) is 1.10. The first kappa shape index (κ1) is 12.4. The third-order valence-corrected chi connectivity index (χ3v) is 3.07. The number of benzene rings is 1. The van der Waals surface area contributed by atoms with Crippen LogP contribution in [0.25, 0.3) is 10.9 Å². The Morgan fingerprint density at radius 2 is 1.94 bits per heavy atom.